The highest BCUT2D eigenvalue weighted by Gasteiger charge is 2.19. The molecular formula is C10H17N3. The Morgan fingerprint density at radius 1 is 1.54 bits per heavy atom. The van der Waals surface area contributed by atoms with Crippen molar-refractivity contribution in [3.63, 3.8) is 0 Å². The predicted molar refractivity (Wildman–Crippen MR) is 52.6 cm³/mol. The van der Waals surface area contributed by atoms with E-state index < -0.39 is 0 Å². The summed E-state index contributed by atoms with van der Waals surface area (Å²) in [5, 5.41) is 7.39. The van der Waals surface area contributed by atoms with Gasteiger partial charge in [-0.3, -0.25) is 10.00 Å². The van der Waals surface area contributed by atoms with Crippen LogP contribution in [-0.2, 0) is 13.0 Å². The van der Waals surface area contributed by atoms with Crippen LogP contribution in [0.5, 0.6) is 0 Å². The van der Waals surface area contributed by atoms with E-state index in [-0.39, 0.29) is 0 Å². The molecule has 0 radical (unpaired) electrons. The molecular weight excluding hydrogens is 162 g/mol. The summed E-state index contributed by atoms with van der Waals surface area (Å²) in [6.07, 6.45) is 2.40. The molecule has 0 atom stereocenters. The van der Waals surface area contributed by atoms with E-state index in [1.807, 2.05) is 0 Å². The average molecular weight is 179 g/mol. The van der Waals surface area contributed by atoms with Crippen LogP contribution in [0.15, 0.2) is 0 Å². The summed E-state index contributed by atoms with van der Waals surface area (Å²) in [6, 6.07) is 0. The normalized spacial score (nSPS) is 17.4. The summed E-state index contributed by atoms with van der Waals surface area (Å²) in [4.78, 5) is 2.47. The smallest absolute Gasteiger partial charge is 0.0797 e. The maximum absolute atomic E-state index is 4.32. The number of H-pyrrole nitrogens is 1. The van der Waals surface area contributed by atoms with E-state index in [1.165, 1.54) is 36.5 Å². The number of nitrogens with zero attached hydrogens (tertiary/aromatic N) is 2. The quantitative estimate of drug-likeness (QED) is 0.746. The summed E-state index contributed by atoms with van der Waals surface area (Å²) in [6.45, 7) is 7.77. The molecule has 1 aromatic heterocycles. The van der Waals surface area contributed by atoms with Crippen molar-refractivity contribution in [2.75, 3.05) is 13.1 Å². The van der Waals surface area contributed by atoms with E-state index in [0.717, 1.165) is 13.0 Å². The predicted octanol–water partition coefficient (Wildman–Crippen LogP) is 1.49. The number of aromatic nitrogens is 2. The van der Waals surface area contributed by atoms with Gasteiger partial charge < -0.3 is 0 Å². The molecule has 1 aliphatic heterocycles. The molecule has 1 aliphatic rings. The molecule has 0 fully saturated rings. The topological polar surface area (TPSA) is 31.9 Å². The maximum Gasteiger partial charge on any atom is 0.0797 e. The Hall–Kier alpha value is -0.830. The summed E-state index contributed by atoms with van der Waals surface area (Å²) in [5.41, 5.74) is 3.97. The minimum Gasteiger partial charge on any atom is -0.297 e. The molecule has 0 saturated carbocycles. The molecule has 1 aromatic rings. The van der Waals surface area contributed by atoms with E-state index in [2.05, 4.69) is 28.9 Å². The van der Waals surface area contributed by atoms with Crippen LogP contribution < -0.4 is 0 Å². The monoisotopic (exact) mass is 179 g/mol. The molecule has 0 unspecified atom stereocenters. The number of rotatable bonds is 2. The maximum atomic E-state index is 4.32. The van der Waals surface area contributed by atoms with Crippen molar-refractivity contribution in [2.45, 2.75) is 33.2 Å². The first kappa shape index (κ1) is 8.75. The molecule has 1 N–H and O–H groups in total. The fourth-order valence-electron chi connectivity index (χ4n) is 2.03. The highest BCUT2D eigenvalue weighted by atomic mass is 15.2. The van der Waals surface area contributed by atoms with E-state index in [9.17, 15) is 0 Å². The van der Waals surface area contributed by atoms with Crippen LogP contribution in [0, 0.1) is 6.92 Å². The summed E-state index contributed by atoms with van der Waals surface area (Å²) in [7, 11) is 0. The molecule has 2 heterocycles. The second kappa shape index (κ2) is 3.50. The van der Waals surface area contributed by atoms with Crippen molar-refractivity contribution in [3.8, 4) is 0 Å². The minimum atomic E-state index is 1.04. The Balaban J connectivity index is 2.11. The van der Waals surface area contributed by atoms with Crippen LogP contribution in [0.3, 0.4) is 0 Å². The van der Waals surface area contributed by atoms with Gasteiger partial charge in [0.15, 0.2) is 0 Å². The fraction of sp³-hybridized carbons (Fsp3) is 0.700. The van der Waals surface area contributed by atoms with E-state index in [4.69, 9.17) is 0 Å². The third-order valence-electron chi connectivity index (χ3n) is 2.75. The van der Waals surface area contributed by atoms with Gasteiger partial charge in [0.25, 0.3) is 0 Å². The number of aromatic amines is 1. The second-order valence-corrected chi connectivity index (χ2v) is 3.80. The highest BCUT2D eigenvalue weighted by Crippen LogP contribution is 2.19. The van der Waals surface area contributed by atoms with Crippen molar-refractivity contribution < 1.29 is 0 Å². The van der Waals surface area contributed by atoms with Crippen LogP contribution in [0.25, 0.3) is 0 Å². The van der Waals surface area contributed by atoms with Gasteiger partial charge in [-0.1, -0.05) is 6.92 Å². The van der Waals surface area contributed by atoms with E-state index in [0.29, 0.717) is 0 Å². The van der Waals surface area contributed by atoms with Gasteiger partial charge >= 0.3 is 0 Å². The van der Waals surface area contributed by atoms with Crippen molar-refractivity contribution >= 4 is 0 Å². The molecule has 2 rings (SSSR count). The molecule has 13 heavy (non-hydrogen) atoms. The average Bonchev–Trinajstić information content (AvgIpc) is 2.48. The van der Waals surface area contributed by atoms with Gasteiger partial charge in [-0.2, -0.15) is 5.10 Å². The zero-order chi connectivity index (χ0) is 9.26. The number of hydrogen-bond donors (Lipinski definition) is 1. The van der Waals surface area contributed by atoms with Crippen molar-refractivity contribution in [1.82, 2.24) is 15.1 Å². The van der Waals surface area contributed by atoms with Gasteiger partial charge in [-0.05, 0) is 31.9 Å². The van der Waals surface area contributed by atoms with Crippen LogP contribution in [-0.4, -0.2) is 28.2 Å². The lowest BCUT2D eigenvalue weighted by Gasteiger charge is -2.25. The van der Waals surface area contributed by atoms with Crippen LogP contribution in [0.4, 0.5) is 0 Å². The minimum absolute atomic E-state index is 1.04. The van der Waals surface area contributed by atoms with Crippen LogP contribution in [0.1, 0.15) is 30.3 Å². The van der Waals surface area contributed by atoms with Crippen molar-refractivity contribution in [1.29, 1.82) is 0 Å². The Morgan fingerprint density at radius 3 is 3.15 bits per heavy atom. The Morgan fingerprint density at radius 2 is 2.38 bits per heavy atom. The molecule has 72 valence electrons. The largest absolute Gasteiger partial charge is 0.297 e. The van der Waals surface area contributed by atoms with Crippen LogP contribution >= 0.6 is 0 Å². The molecule has 0 aromatic carbocycles. The van der Waals surface area contributed by atoms with Crippen LogP contribution in [0.2, 0.25) is 0 Å². The standard InChI is InChI=1S/C10H17N3/c1-3-5-13-6-4-9-8(2)11-12-10(9)7-13/h3-7H2,1-2H3,(H,11,12). The number of aryl methyl sites for hydroxylation is 1. The molecule has 0 aliphatic carbocycles. The van der Waals surface area contributed by atoms with Gasteiger partial charge in [-0.25, -0.2) is 0 Å². The van der Waals surface area contributed by atoms with Gasteiger partial charge in [0, 0.05) is 18.8 Å². The SMILES string of the molecule is CCCN1CCc2c(n[nH]c2C)C1. The Kier molecular flexibility index (Phi) is 2.36. The summed E-state index contributed by atoms with van der Waals surface area (Å²) < 4.78 is 0. The molecule has 0 amide bonds. The first-order valence-corrected chi connectivity index (χ1v) is 5.06. The third-order valence-corrected chi connectivity index (χ3v) is 2.75. The summed E-state index contributed by atoms with van der Waals surface area (Å²) >= 11 is 0. The fourth-order valence-corrected chi connectivity index (χ4v) is 2.03. The van der Waals surface area contributed by atoms with Gasteiger partial charge in [0.2, 0.25) is 0 Å². The lowest BCUT2D eigenvalue weighted by Crippen LogP contribution is -2.31. The van der Waals surface area contributed by atoms with E-state index >= 15 is 0 Å². The number of fused-ring (bicyclic) bond motifs is 1. The van der Waals surface area contributed by atoms with E-state index in [1.54, 1.807) is 0 Å². The molecule has 3 heteroatoms. The van der Waals surface area contributed by atoms with Gasteiger partial charge in [0.05, 0.1) is 5.69 Å². The Bertz CT molecular complexity index is 290. The zero-order valence-electron chi connectivity index (χ0n) is 8.43. The van der Waals surface area contributed by atoms with Gasteiger partial charge in [-0.15, -0.1) is 0 Å². The lowest BCUT2D eigenvalue weighted by atomic mass is 10.1. The summed E-state index contributed by atoms with van der Waals surface area (Å²) in [5.74, 6) is 0. The van der Waals surface area contributed by atoms with Gasteiger partial charge in [0.1, 0.15) is 0 Å². The zero-order valence-corrected chi connectivity index (χ0v) is 8.43. The van der Waals surface area contributed by atoms with Crippen molar-refractivity contribution in [2.24, 2.45) is 0 Å². The second-order valence-electron chi connectivity index (χ2n) is 3.80. The number of hydrogen-bond acceptors (Lipinski definition) is 2. The third kappa shape index (κ3) is 1.61. The first-order valence-electron chi connectivity index (χ1n) is 5.06. The molecule has 0 spiro atoms. The molecule has 0 saturated heterocycles. The highest BCUT2D eigenvalue weighted by molar-refractivity contribution is 5.26. The number of nitrogens with one attached hydrogen (secondary N) is 1. The lowest BCUT2D eigenvalue weighted by molar-refractivity contribution is 0.251. The molecule has 3 nitrogen and oxygen atoms in total. The Labute approximate surface area is 79.1 Å². The molecule has 0 bridgehead atoms. The first-order chi connectivity index (χ1) is 6.31. The van der Waals surface area contributed by atoms with Crippen molar-refractivity contribution in [3.05, 3.63) is 17.0 Å².